The monoisotopic (exact) mass is 206 g/mol. The van der Waals surface area contributed by atoms with Gasteiger partial charge in [-0.3, -0.25) is 4.79 Å². The van der Waals surface area contributed by atoms with Gasteiger partial charge in [-0.15, -0.1) is 0 Å². The Morgan fingerprint density at radius 2 is 1.93 bits per heavy atom. The minimum Gasteiger partial charge on any atom is -0.266 e. The molecule has 1 aromatic carbocycles. The van der Waals surface area contributed by atoms with Gasteiger partial charge in [0.15, 0.2) is 0 Å². The lowest BCUT2D eigenvalue weighted by atomic mass is 10.1. The van der Waals surface area contributed by atoms with Crippen molar-refractivity contribution in [1.29, 1.82) is 0 Å². The number of aromatic nitrogens is 2. The molecule has 0 saturated carbocycles. The lowest BCUT2D eigenvalue weighted by molar-refractivity contribution is 0.996. The summed E-state index contributed by atoms with van der Waals surface area (Å²) in [5, 5.41) is 6.37. The number of hydrogen-bond acceptors (Lipinski definition) is 2. The zero-order valence-corrected chi connectivity index (χ0v) is 7.95. The van der Waals surface area contributed by atoms with E-state index in [1.807, 2.05) is 30.3 Å². The van der Waals surface area contributed by atoms with Crippen LogP contribution in [0.15, 0.2) is 41.2 Å². The summed E-state index contributed by atoms with van der Waals surface area (Å²) in [5.74, 6) is 0. The van der Waals surface area contributed by atoms with Gasteiger partial charge in [-0.05, 0) is 6.07 Å². The molecular weight excluding hydrogens is 200 g/mol. The average molecular weight is 207 g/mol. The van der Waals surface area contributed by atoms with Crippen molar-refractivity contribution in [2.75, 3.05) is 0 Å². The third-order valence-corrected chi connectivity index (χ3v) is 2.11. The summed E-state index contributed by atoms with van der Waals surface area (Å²) in [4.78, 5) is 11.0. The number of nitrogens with one attached hydrogen (secondary N) is 1. The van der Waals surface area contributed by atoms with Crippen molar-refractivity contribution in [2.45, 2.75) is 0 Å². The number of nitrogens with zero attached hydrogens (tertiary/aromatic N) is 1. The Balaban J connectivity index is 2.54. The van der Waals surface area contributed by atoms with Crippen LogP contribution in [0.5, 0.6) is 0 Å². The molecule has 2 rings (SSSR count). The Hall–Kier alpha value is -1.61. The van der Waals surface area contributed by atoms with Crippen LogP contribution in [0.3, 0.4) is 0 Å². The summed E-state index contributed by atoms with van der Waals surface area (Å²) >= 11 is 5.68. The van der Waals surface area contributed by atoms with Crippen molar-refractivity contribution in [3.8, 4) is 11.3 Å². The van der Waals surface area contributed by atoms with Crippen molar-refractivity contribution in [2.24, 2.45) is 0 Å². The molecule has 1 N–H and O–H groups in total. The van der Waals surface area contributed by atoms with E-state index in [0.29, 0.717) is 5.69 Å². The maximum Gasteiger partial charge on any atom is 0.282 e. The normalized spacial score (nSPS) is 10.1. The van der Waals surface area contributed by atoms with Gasteiger partial charge in [0.25, 0.3) is 5.56 Å². The smallest absolute Gasteiger partial charge is 0.266 e. The maximum atomic E-state index is 11.0. The van der Waals surface area contributed by atoms with E-state index in [0.717, 1.165) is 5.56 Å². The summed E-state index contributed by atoms with van der Waals surface area (Å²) in [6.07, 6.45) is 0. The van der Waals surface area contributed by atoms with Gasteiger partial charge in [0, 0.05) is 5.56 Å². The minimum atomic E-state index is -0.369. The van der Waals surface area contributed by atoms with Crippen LogP contribution in [0.4, 0.5) is 0 Å². The van der Waals surface area contributed by atoms with Crippen molar-refractivity contribution < 1.29 is 0 Å². The number of rotatable bonds is 1. The molecule has 0 radical (unpaired) electrons. The average Bonchev–Trinajstić information content (AvgIpc) is 2.23. The van der Waals surface area contributed by atoms with Crippen molar-refractivity contribution in [3.63, 3.8) is 0 Å². The van der Waals surface area contributed by atoms with Crippen LogP contribution in [0.1, 0.15) is 0 Å². The molecule has 70 valence electrons. The molecule has 0 atom stereocenters. The highest BCUT2D eigenvalue weighted by Gasteiger charge is 2.01. The number of aromatic amines is 1. The maximum absolute atomic E-state index is 11.0. The highest BCUT2D eigenvalue weighted by molar-refractivity contribution is 6.30. The van der Waals surface area contributed by atoms with Gasteiger partial charge >= 0.3 is 0 Å². The molecule has 0 spiro atoms. The van der Waals surface area contributed by atoms with Crippen molar-refractivity contribution >= 4 is 11.6 Å². The molecule has 0 aliphatic rings. The molecule has 0 amide bonds. The van der Waals surface area contributed by atoms with Gasteiger partial charge in [-0.2, -0.15) is 5.10 Å². The molecule has 0 aliphatic heterocycles. The fraction of sp³-hybridized carbons (Fsp3) is 0. The number of hydrogen-bond donors (Lipinski definition) is 1. The van der Waals surface area contributed by atoms with Gasteiger partial charge in [-0.25, -0.2) is 5.10 Å². The van der Waals surface area contributed by atoms with Crippen molar-refractivity contribution in [1.82, 2.24) is 10.2 Å². The van der Waals surface area contributed by atoms with Gasteiger partial charge in [0.1, 0.15) is 5.02 Å². The van der Waals surface area contributed by atoms with E-state index >= 15 is 0 Å². The van der Waals surface area contributed by atoms with Crippen LogP contribution in [0.25, 0.3) is 11.3 Å². The van der Waals surface area contributed by atoms with E-state index in [1.165, 1.54) is 0 Å². The molecule has 3 nitrogen and oxygen atoms in total. The molecule has 14 heavy (non-hydrogen) atoms. The van der Waals surface area contributed by atoms with Gasteiger partial charge in [0.05, 0.1) is 5.69 Å². The molecule has 0 aliphatic carbocycles. The summed E-state index contributed by atoms with van der Waals surface area (Å²) in [7, 11) is 0. The highest BCUT2D eigenvalue weighted by atomic mass is 35.5. The second-order valence-corrected chi connectivity index (χ2v) is 3.20. The van der Waals surface area contributed by atoms with Gasteiger partial charge in [0.2, 0.25) is 0 Å². The molecule has 0 fully saturated rings. The first-order chi connectivity index (χ1) is 6.77. The lowest BCUT2D eigenvalue weighted by Gasteiger charge is -1.98. The second-order valence-electron chi connectivity index (χ2n) is 2.80. The first-order valence-corrected chi connectivity index (χ1v) is 4.46. The largest absolute Gasteiger partial charge is 0.282 e. The highest BCUT2D eigenvalue weighted by Crippen LogP contribution is 2.16. The third kappa shape index (κ3) is 1.67. The molecule has 0 saturated heterocycles. The van der Waals surface area contributed by atoms with Gasteiger partial charge in [-0.1, -0.05) is 41.9 Å². The Morgan fingerprint density at radius 1 is 1.21 bits per heavy atom. The van der Waals surface area contributed by atoms with E-state index in [2.05, 4.69) is 10.2 Å². The van der Waals surface area contributed by atoms with Crippen LogP contribution < -0.4 is 5.56 Å². The van der Waals surface area contributed by atoms with Crippen LogP contribution in [-0.2, 0) is 0 Å². The summed E-state index contributed by atoms with van der Waals surface area (Å²) in [5.41, 5.74) is 1.21. The van der Waals surface area contributed by atoms with Gasteiger partial charge < -0.3 is 0 Å². The Morgan fingerprint density at radius 3 is 2.57 bits per heavy atom. The number of benzene rings is 1. The zero-order chi connectivity index (χ0) is 9.97. The molecule has 4 heteroatoms. The zero-order valence-electron chi connectivity index (χ0n) is 7.20. The van der Waals surface area contributed by atoms with Crippen LogP contribution in [0.2, 0.25) is 5.02 Å². The van der Waals surface area contributed by atoms with E-state index in [9.17, 15) is 4.79 Å². The Bertz CT molecular complexity index is 493. The lowest BCUT2D eigenvalue weighted by Crippen LogP contribution is -2.08. The molecule has 0 unspecified atom stereocenters. The Kier molecular flexibility index (Phi) is 2.33. The van der Waals surface area contributed by atoms with E-state index in [4.69, 9.17) is 11.6 Å². The SMILES string of the molecule is O=c1[nH]nc(-c2ccccc2)cc1Cl. The summed E-state index contributed by atoms with van der Waals surface area (Å²) in [6.45, 7) is 0. The summed E-state index contributed by atoms with van der Waals surface area (Å²) < 4.78 is 0. The fourth-order valence-electron chi connectivity index (χ4n) is 1.14. The molecule has 0 bridgehead atoms. The third-order valence-electron chi connectivity index (χ3n) is 1.83. The molecule has 2 aromatic rings. The van der Waals surface area contributed by atoms with Crippen LogP contribution in [0, 0.1) is 0 Å². The standard InChI is InChI=1S/C10H7ClN2O/c11-8-6-9(12-13-10(8)14)7-4-2-1-3-5-7/h1-6H,(H,13,14). The minimum absolute atomic E-state index is 0.152. The second kappa shape index (κ2) is 3.64. The number of H-pyrrole nitrogens is 1. The summed E-state index contributed by atoms with van der Waals surface area (Å²) in [6, 6.07) is 11.1. The molecule has 1 heterocycles. The predicted octanol–water partition coefficient (Wildman–Crippen LogP) is 2.09. The molecule has 1 aromatic heterocycles. The van der Waals surface area contributed by atoms with E-state index in [-0.39, 0.29) is 10.6 Å². The predicted molar refractivity (Wildman–Crippen MR) is 55.3 cm³/mol. The fourth-order valence-corrected chi connectivity index (χ4v) is 1.28. The first-order valence-electron chi connectivity index (χ1n) is 4.08. The van der Waals surface area contributed by atoms with Crippen LogP contribution in [-0.4, -0.2) is 10.2 Å². The first kappa shape index (κ1) is 8.97. The topological polar surface area (TPSA) is 45.8 Å². The van der Waals surface area contributed by atoms with Crippen LogP contribution >= 0.6 is 11.6 Å². The molecular formula is C10H7ClN2O. The number of halogens is 1. The van der Waals surface area contributed by atoms with E-state index < -0.39 is 0 Å². The quantitative estimate of drug-likeness (QED) is 0.777. The Labute approximate surface area is 85.4 Å². The van der Waals surface area contributed by atoms with E-state index in [1.54, 1.807) is 6.07 Å². The van der Waals surface area contributed by atoms with Crippen molar-refractivity contribution in [3.05, 3.63) is 51.8 Å².